The van der Waals surface area contributed by atoms with Gasteiger partial charge in [-0.15, -0.1) is 0 Å². The van der Waals surface area contributed by atoms with Gasteiger partial charge < -0.3 is 19.4 Å². The van der Waals surface area contributed by atoms with Gasteiger partial charge in [-0.1, -0.05) is 0 Å². The first kappa shape index (κ1) is 15.8. The molecule has 0 spiro atoms. The molecule has 118 valence electrons. The molecule has 0 saturated heterocycles. The molecule has 1 aliphatic rings. The van der Waals surface area contributed by atoms with Crippen molar-refractivity contribution in [3.05, 3.63) is 18.2 Å². The lowest BCUT2D eigenvalue weighted by atomic mass is 10.2. The first-order valence-corrected chi connectivity index (χ1v) is 7.41. The lowest BCUT2D eigenvalue weighted by molar-refractivity contribution is 0.0519. The topological polar surface area (TPSA) is 65.4 Å². The van der Waals surface area contributed by atoms with Crippen molar-refractivity contribution >= 4 is 6.09 Å². The van der Waals surface area contributed by atoms with Crippen LogP contribution in [0, 0.1) is 0 Å². The second kappa shape index (κ2) is 6.47. The van der Waals surface area contributed by atoms with E-state index in [0.717, 1.165) is 25.0 Å². The van der Waals surface area contributed by atoms with Gasteiger partial charge in [0, 0.05) is 13.3 Å². The number of methoxy groups -OCH3 is 1. The minimum atomic E-state index is -0.489. The quantitative estimate of drug-likeness (QED) is 0.927. The maximum absolute atomic E-state index is 11.7. The van der Waals surface area contributed by atoms with E-state index in [1.54, 1.807) is 13.3 Å². The van der Waals surface area contributed by atoms with Crippen LogP contribution in [0.25, 0.3) is 0 Å². The molecule has 1 aromatic heterocycles. The number of nitrogens with zero attached hydrogens (tertiary/aromatic N) is 2. The van der Waals surface area contributed by atoms with Gasteiger partial charge >= 0.3 is 6.09 Å². The smallest absolute Gasteiger partial charge is 0.407 e. The molecule has 2 rings (SSSR count). The van der Waals surface area contributed by atoms with Crippen LogP contribution in [0.1, 0.15) is 51.8 Å². The van der Waals surface area contributed by atoms with Crippen molar-refractivity contribution in [2.75, 3.05) is 7.11 Å². The molecule has 0 aliphatic heterocycles. The Labute approximate surface area is 125 Å². The molecule has 1 aliphatic carbocycles. The largest absolute Gasteiger partial charge is 0.444 e. The minimum Gasteiger partial charge on any atom is -0.444 e. The molecule has 1 fully saturated rings. The third kappa shape index (κ3) is 4.20. The number of amides is 1. The van der Waals surface area contributed by atoms with Crippen LogP contribution in [-0.2, 0) is 16.0 Å². The summed E-state index contributed by atoms with van der Waals surface area (Å²) in [5.74, 6) is 0. The van der Waals surface area contributed by atoms with Gasteiger partial charge in [0.1, 0.15) is 5.60 Å². The van der Waals surface area contributed by atoms with Gasteiger partial charge in [0.25, 0.3) is 0 Å². The maximum atomic E-state index is 11.7. The molecule has 1 aromatic rings. The third-order valence-corrected chi connectivity index (χ3v) is 3.64. The number of carbonyl (C=O) groups excluding carboxylic acids is 1. The van der Waals surface area contributed by atoms with E-state index in [1.165, 1.54) is 0 Å². The van der Waals surface area contributed by atoms with Crippen molar-refractivity contribution in [1.82, 2.24) is 14.9 Å². The highest BCUT2D eigenvalue weighted by atomic mass is 16.6. The van der Waals surface area contributed by atoms with Crippen molar-refractivity contribution in [2.45, 2.75) is 64.3 Å². The Morgan fingerprint density at radius 1 is 1.48 bits per heavy atom. The van der Waals surface area contributed by atoms with E-state index in [1.807, 2.05) is 27.1 Å². The van der Waals surface area contributed by atoms with Crippen molar-refractivity contribution in [2.24, 2.45) is 0 Å². The van der Waals surface area contributed by atoms with Gasteiger partial charge in [-0.25, -0.2) is 9.78 Å². The zero-order valence-electron chi connectivity index (χ0n) is 13.3. The molecule has 0 aromatic carbocycles. The normalized spacial score (nSPS) is 22.3. The number of nitrogens with one attached hydrogen (secondary N) is 1. The Bertz CT molecular complexity index is 479. The number of rotatable bonds is 4. The highest BCUT2D eigenvalue weighted by molar-refractivity contribution is 5.67. The molecule has 1 amide bonds. The standard InChI is InChI=1S/C15H25N3O3/c1-15(2,3)21-14(19)17-9-11-8-16-10-18(11)12-6-5-7-13(12)20-4/h8,10,12-13H,5-7,9H2,1-4H3,(H,17,19). The zero-order chi connectivity index (χ0) is 15.5. The zero-order valence-corrected chi connectivity index (χ0v) is 13.3. The molecule has 1 N–H and O–H groups in total. The minimum absolute atomic E-state index is 0.222. The maximum Gasteiger partial charge on any atom is 0.407 e. The van der Waals surface area contributed by atoms with E-state index in [2.05, 4.69) is 14.9 Å². The summed E-state index contributed by atoms with van der Waals surface area (Å²) in [4.78, 5) is 15.9. The van der Waals surface area contributed by atoms with Gasteiger partial charge in [0.2, 0.25) is 0 Å². The van der Waals surface area contributed by atoms with E-state index < -0.39 is 11.7 Å². The summed E-state index contributed by atoms with van der Waals surface area (Å²) in [7, 11) is 1.75. The van der Waals surface area contributed by atoms with Crippen molar-refractivity contribution in [3.63, 3.8) is 0 Å². The number of ether oxygens (including phenoxy) is 2. The van der Waals surface area contributed by atoms with Crippen LogP contribution < -0.4 is 5.32 Å². The van der Waals surface area contributed by atoms with E-state index >= 15 is 0 Å². The fraction of sp³-hybridized carbons (Fsp3) is 0.733. The third-order valence-electron chi connectivity index (χ3n) is 3.64. The van der Waals surface area contributed by atoms with E-state index in [9.17, 15) is 4.79 Å². The number of alkyl carbamates (subject to hydrolysis) is 1. The van der Waals surface area contributed by atoms with Gasteiger partial charge in [-0.2, -0.15) is 0 Å². The fourth-order valence-corrected chi connectivity index (χ4v) is 2.74. The SMILES string of the molecule is COC1CCCC1n1cncc1CNC(=O)OC(C)(C)C. The Morgan fingerprint density at radius 2 is 2.24 bits per heavy atom. The van der Waals surface area contributed by atoms with E-state index in [0.29, 0.717) is 12.6 Å². The monoisotopic (exact) mass is 295 g/mol. The average molecular weight is 295 g/mol. The second-order valence-electron chi connectivity index (χ2n) is 6.42. The number of hydrogen-bond donors (Lipinski definition) is 1. The summed E-state index contributed by atoms with van der Waals surface area (Å²) in [6.45, 7) is 5.94. The van der Waals surface area contributed by atoms with Gasteiger partial charge in [0.05, 0.1) is 30.7 Å². The van der Waals surface area contributed by atoms with Gasteiger partial charge in [-0.3, -0.25) is 0 Å². The van der Waals surface area contributed by atoms with Crippen LogP contribution in [0.5, 0.6) is 0 Å². The second-order valence-corrected chi connectivity index (χ2v) is 6.42. The van der Waals surface area contributed by atoms with Crippen LogP contribution in [0.2, 0.25) is 0 Å². The lowest BCUT2D eigenvalue weighted by Crippen LogP contribution is -2.33. The lowest BCUT2D eigenvalue weighted by Gasteiger charge is -2.23. The number of imidazole rings is 1. The molecular formula is C15H25N3O3. The number of hydrogen-bond acceptors (Lipinski definition) is 4. The van der Waals surface area contributed by atoms with Crippen LogP contribution in [0.4, 0.5) is 4.79 Å². The highest BCUT2D eigenvalue weighted by Gasteiger charge is 2.29. The summed E-state index contributed by atoms with van der Waals surface area (Å²) >= 11 is 0. The first-order valence-electron chi connectivity index (χ1n) is 7.41. The average Bonchev–Trinajstić information content (AvgIpc) is 3.02. The summed E-state index contributed by atoms with van der Waals surface area (Å²) in [6, 6.07) is 0.299. The molecule has 1 saturated carbocycles. The van der Waals surface area contributed by atoms with Crippen LogP contribution in [0.15, 0.2) is 12.5 Å². The summed E-state index contributed by atoms with van der Waals surface area (Å²) in [5.41, 5.74) is 0.478. The van der Waals surface area contributed by atoms with Crippen LogP contribution in [-0.4, -0.2) is 34.5 Å². The molecule has 1 heterocycles. The molecule has 6 nitrogen and oxygen atoms in total. The highest BCUT2D eigenvalue weighted by Crippen LogP contribution is 2.32. The fourth-order valence-electron chi connectivity index (χ4n) is 2.74. The molecular weight excluding hydrogens is 270 g/mol. The van der Waals surface area contributed by atoms with Crippen molar-refractivity contribution in [3.8, 4) is 0 Å². The predicted octanol–water partition coefficient (Wildman–Crippen LogP) is 2.65. The summed E-state index contributed by atoms with van der Waals surface area (Å²) in [5, 5.41) is 2.78. The van der Waals surface area contributed by atoms with Crippen LogP contribution in [0.3, 0.4) is 0 Å². The Balaban J connectivity index is 1.96. The van der Waals surface area contributed by atoms with Crippen molar-refractivity contribution < 1.29 is 14.3 Å². The molecule has 6 heteroatoms. The molecule has 2 atom stereocenters. The van der Waals surface area contributed by atoms with Crippen LogP contribution >= 0.6 is 0 Å². The molecule has 21 heavy (non-hydrogen) atoms. The number of carbonyl (C=O) groups is 1. The molecule has 0 bridgehead atoms. The Kier molecular flexibility index (Phi) is 4.88. The van der Waals surface area contributed by atoms with E-state index in [-0.39, 0.29) is 6.10 Å². The summed E-state index contributed by atoms with van der Waals surface area (Å²) < 4.78 is 12.9. The predicted molar refractivity (Wildman–Crippen MR) is 79.0 cm³/mol. The number of aromatic nitrogens is 2. The Hall–Kier alpha value is -1.56. The van der Waals surface area contributed by atoms with Crippen molar-refractivity contribution in [1.29, 1.82) is 0 Å². The van der Waals surface area contributed by atoms with Gasteiger partial charge in [-0.05, 0) is 40.0 Å². The molecule has 2 unspecified atom stereocenters. The van der Waals surface area contributed by atoms with E-state index in [4.69, 9.17) is 9.47 Å². The molecule has 0 radical (unpaired) electrons. The summed E-state index contributed by atoms with van der Waals surface area (Å²) in [6.07, 6.45) is 6.70. The first-order chi connectivity index (χ1) is 9.90. The van der Waals surface area contributed by atoms with Gasteiger partial charge in [0.15, 0.2) is 0 Å². The Morgan fingerprint density at radius 3 is 2.90 bits per heavy atom.